The van der Waals surface area contributed by atoms with E-state index in [2.05, 4.69) is 25.5 Å². The number of anilines is 1. The first-order valence-corrected chi connectivity index (χ1v) is 7.47. The van der Waals surface area contributed by atoms with Crippen molar-refractivity contribution in [3.8, 4) is 0 Å². The minimum absolute atomic E-state index is 0.198. The zero-order chi connectivity index (χ0) is 16.8. The van der Waals surface area contributed by atoms with Gasteiger partial charge in [0.15, 0.2) is 5.65 Å². The fraction of sp³-hybridized carbons (Fsp3) is 0.467. The van der Waals surface area contributed by atoms with E-state index in [4.69, 9.17) is 0 Å². The molecule has 3 rings (SSSR count). The maximum Gasteiger partial charge on any atom is 0.263 e. The summed E-state index contributed by atoms with van der Waals surface area (Å²) < 4.78 is 3.57. The molecule has 23 heavy (non-hydrogen) atoms. The predicted molar refractivity (Wildman–Crippen MR) is 88.4 cm³/mol. The van der Waals surface area contributed by atoms with E-state index in [1.165, 1.54) is 0 Å². The first-order valence-electron chi connectivity index (χ1n) is 7.47. The maximum atomic E-state index is 12.2. The first kappa shape index (κ1) is 15.3. The summed E-state index contributed by atoms with van der Waals surface area (Å²) in [6, 6.07) is 0. The topological polar surface area (TPSA) is 93.4 Å². The molecule has 0 spiro atoms. The van der Waals surface area contributed by atoms with Crippen molar-refractivity contribution in [3.05, 3.63) is 34.0 Å². The summed E-state index contributed by atoms with van der Waals surface area (Å²) in [7, 11) is 1.90. The van der Waals surface area contributed by atoms with E-state index in [0.717, 1.165) is 11.3 Å². The van der Waals surface area contributed by atoms with Crippen molar-refractivity contribution in [2.24, 2.45) is 7.05 Å². The molecule has 8 heteroatoms. The molecule has 0 fully saturated rings. The number of aromatic amines is 1. The monoisotopic (exact) mass is 315 g/mol. The minimum Gasteiger partial charge on any atom is -0.351 e. The Balaban J connectivity index is 1.95. The van der Waals surface area contributed by atoms with E-state index < -0.39 is 0 Å². The molecule has 0 bridgehead atoms. The van der Waals surface area contributed by atoms with Gasteiger partial charge in [0.1, 0.15) is 5.39 Å². The zero-order valence-corrected chi connectivity index (χ0v) is 14.0. The average molecular weight is 315 g/mol. The first-order chi connectivity index (χ1) is 10.8. The van der Waals surface area contributed by atoms with Gasteiger partial charge in [-0.1, -0.05) is 0 Å². The molecule has 0 amide bonds. The predicted octanol–water partition coefficient (Wildman–Crippen LogP) is 1.53. The molecule has 0 unspecified atom stereocenters. The number of nitrogens with one attached hydrogen (secondary N) is 2. The highest BCUT2D eigenvalue weighted by Gasteiger charge is 2.19. The quantitative estimate of drug-likeness (QED) is 0.764. The van der Waals surface area contributed by atoms with Crippen LogP contribution in [0.25, 0.3) is 11.0 Å². The van der Waals surface area contributed by atoms with Gasteiger partial charge in [-0.15, -0.1) is 0 Å². The van der Waals surface area contributed by atoms with Crippen LogP contribution in [0.4, 0.5) is 5.95 Å². The van der Waals surface area contributed by atoms with Crippen LogP contribution < -0.4 is 10.9 Å². The molecule has 0 radical (unpaired) electrons. The summed E-state index contributed by atoms with van der Waals surface area (Å²) in [5, 5.41) is 12.1. The Kier molecular flexibility index (Phi) is 3.46. The molecule has 8 nitrogen and oxygen atoms in total. The van der Waals surface area contributed by atoms with Gasteiger partial charge in [-0.25, -0.2) is 4.68 Å². The van der Waals surface area contributed by atoms with E-state index in [-0.39, 0.29) is 11.1 Å². The minimum atomic E-state index is -0.250. The van der Waals surface area contributed by atoms with Crippen LogP contribution >= 0.6 is 0 Å². The number of hydrogen-bond acceptors (Lipinski definition) is 5. The summed E-state index contributed by atoms with van der Waals surface area (Å²) in [6.45, 7) is 8.60. The fourth-order valence-electron chi connectivity index (χ4n) is 2.39. The molecular weight excluding hydrogens is 294 g/mol. The van der Waals surface area contributed by atoms with E-state index in [1.807, 2.05) is 39.4 Å². The van der Waals surface area contributed by atoms with Gasteiger partial charge in [0.2, 0.25) is 5.95 Å². The largest absolute Gasteiger partial charge is 0.351 e. The van der Waals surface area contributed by atoms with Gasteiger partial charge >= 0.3 is 0 Å². The third-order valence-electron chi connectivity index (χ3n) is 3.86. The summed E-state index contributed by atoms with van der Waals surface area (Å²) >= 11 is 0. The molecule has 2 N–H and O–H groups in total. The highest BCUT2D eigenvalue weighted by molar-refractivity contribution is 5.74. The Labute approximate surface area is 133 Å². The van der Waals surface area contributed by atoms with Crippen molar-refractivity contribution in [3.63, 3.8) is 0 Å². The molecule has 0 saturated heterocycles. The Hall–Kier alpha value is -2.64. The molecule has 0 atom stereocenters. The van der Waals surface area contributed by atoms with Crippen molar-refractivity contribution < 1.29 is 0 Å². The molecule has 0 saturated carbocycles. The molecule has 0 aliphatic carbocycles. The molecular formula is C15H21N7O. The normalized spacial score (nSPS) is 12.0. The van der Waals surface area contributed by atoms with Crippen molar-refractivity contribution in [1.29, 1.82) is 0 Å². The number of nitrogens with zero attached hydrogens (tertiary/aromatic N) is 5. The molecule has 0 aliphatic heterocycles. The second-order valence-electron chi connectivity index (χ2n) is 6.61. The number of aromatic nitrogens is 6. The molecule has 3 aromatic rings. The van der Waals surface area contributed by atoms with Crippen molar-refractivity contribution in [1.82, 2.24) is 29.5 Å². The van der Waals surface area contributed by atoms with Gasteiger partial charge < -0.3 is 5.32 Å². The van der Waals surface area contributed by atoms with Crippen LogP contribution in [0.15, 0.2) is 17.2 Å². The zero-order valence-electron chi connectivity index (χ0n) is 14.0. The van der Waals surface area contributed by atoms with Crippen LogP contribution in [0, 0.1) is 6.92 Å². The lowest BCUT2D eigenvalue weighted by Gasteiger charge is -2.19. The second kappa shape index (κ2) is 5.22. The fourth-order valence-corrected chi connectivity index (χ4v) is 2.39. The van der Waals surface area contributed by atoms with Crippen LogP contribution in [0.2, 0.25) is 0 Å². The average Bonchev–Trinajstić information content (AvgIpc) is 3.02. The highest BCUT2D eigenvalue weighted by atomic mass is 16.1. The summed E-state index contributed by atoms with van der Waals surface area (Å²) in [5.74, 6) is 0.428. The lowest BCUT2D eigenvalue weighted by Crippen LogP contribution is -2.24. The Bertz CT molecular complexity index is 910. The van der Waals surface area contributed by atoms with Crippen LogP contribution in [-0.4, -0.2) is 29.5 Å². The smallest absolute Gasteiger partial charge is 0.263 e. The van der Waals surface area contributed by atoms with E-state index in [1.54, 1.807) is 17.1 Å². The molecule has 3 heterocycles. The van der Waals surface area contributed by atoms with Crippen molar-refractivity contribution >= 4 is 17.0 Å². The third kappa shape index (κ3) is 2.71. The van der Waals surface area contributed by atoms with Gasteiger partial charge in [0, 0.05) is 24.8 Å². The molecule has 0 aromatic carbocycles. The van der Waals surface area contributed by atoms with Crippen molar-refractivity contribution in [2.45, 2.75) is 39.8 Å². The molecule has 122 valence electrons. The lowest BCUT2D eigenvalue weighted by molar-refractivity contribution is 0.366. The van der Waals surface area contributed by atoms with E-state index in [9.17, 15) is 4.79 Å². The third-order valence-corrected chi connectivity index (χ3v) is 3.86. The Morgan fingerprint density at radius 3 is 2.61 bits per heavy atom. The van der Waals surface area contributed by atoms with Gasteiger partial charge in [0.05, 0.1) is 17.9 Å². The lowest BCUT2D eigenvalue weighted by atomic mass is 10.1. The van der Waals surface area contributed by atoms with Crippen LogP contribution in [0.5, 0.6) is 0 Å². The van der Waals surface area contributed by atoms with E-state index in [0.29, 0.717) is 23.5 Å². The maximum absolute atomic E-state index is 12.2. The van der Waals surface area contributed by atoms with Gasteiger partial charge in [0.25, 0.3) is 5.56 Å². The van der Waals surface area contributed by atoms with E-state index >= 15 is 0 Å². The number of hydrogen-bond donors (Lipinski definition) is 2. The second-order valence-corrected chi connectivity index (χ2v) is 6.61. The van der Waals surface area contributed by atoms with Gasteiger partial charge in [-0.2, -0.15) is 15.2 Å². The summed E-state index contributed by atoms with van der Waals surface area (Å²) in [5.41, 5.74) is 2.25. The van der Waals surface area contributed by atoms with Crippen LogP contribution in [0.1, 0.15) is 32.0 Å². The number of fused-ring (bicyclic) bond motifs is 1. The Morgan fingerprint density at radius 2 is 2.00 bits per heavy atom. The Morgan fingerprint density at radius 1 is 1.26 bits per heavy atom. The number of aryl methyl sites for hydroxylation is 1. The molecule has 3 aromatic heterocycles. The number of H-pyrrole nitrogens is 1. The highest BCUT2D eigenvalue weighted by Crippen LogP contribution is 2.19. The summed E-state index contributed by atoms with van der Waals surface area (Å²) in [6.07, 6.45) is 3.36. The van der Waals surface area contributed by atoms with Crippen LogP contribution in [-0.2, 0) is 19.1 Å². The summed E-state index contributed by atoms with van der Waals surface area (Å²) in [4.78, 5) is 19.5. The van der Waals surface area contributed by atoms with Crippen LogP contribution in [0.3, 0.4) is 0 Å². The SMILES string of the molecule is Cc1c(CNc2nc3c(cnn3C(C)(C)C)c(=O)[nH]2)cnn1C. The van der Waals surface area contributed by atoms with Gasteiger partial charge in [-0.3, -0.25) is 14.5 Å². The standard InChI is InChI=1S/C15H21N7O/c1-9-10(7-17-21(9)5)6-16-14-19-12-11(13(23)20-14)8-18-22(12)15(2,3)4/h7-8H,6H2,1-5H3,(H2,16,19,20,23). The van der Waals surface area contributed by atoms with Gasteiger partial charge in [-0.05, 0) is 27.7 Å². The molecule has 0 aliphatic rings. The van der Waals surface area contributed by atoms with Crippen molar-refractivity contribution in [2.75, 3.05) is 5.32 Å². The number of rotatable bonds is 3.